The molecule has 12 heteroatoms. The molecule has 0 spiro atoms. The van der Waals surface area contributed by atoms with Crippen molar-refractivity contribution in [2.75, 3.05) is 14.2 Å². The first-order valence-corrected chi connectivity index (χ1v) is 11.9. The van der Waals surface area contributed by atoms with Gasteiger partial charge in [-0.1, -0.05) is 36.4 Å². The number of benzene rings is 3. The van der Waals surface area contributed by atoms with Crippen LogP contribution in [0.15, 0.2) is 71.8 Å². The van der Waals surface area contributed by atoms with E-state index in [1.54, 1.807) is 36.4 Å². The molecule has 4 aromatic rings. The van der Waals surface area contributed by atoms with Crippen LogP contribution in [-0.2, 0) is 15.8 Å². The summed E-state index contributed by atoms with van der Waals surface area (Å²) < 4.78 is 53.1. The maximum atomic E-state index is 13.7. The number of hydrazone groups is 1. The van der Waals surface area contributed by atoms with E-state index in [4.69, 9.17) is 15.2 Å². The smallest absolute Gasteiger partial charge is 0.416 e. The summed E-state index contributed by atoms with van der Waals surface area (Å²) >= 11 is 0. The quantitative estimate of drug-likeness (QED) is 0.207. The fourth-order valence-corrected chi connectivity index (χ4v) is 4.14. The summed E-state index contributed by atoms with van der Waals surface area (Å²) in [5.74, 6) is -1.06. The average Bonchev–Trinajstić information content (AvgIpc) is 3.22. The first-order chi connectivity index (χ1) is 19.0. The van der Waals surface area contributed by atoms with Gasteiger partial charge in [0, 0.05) is 42.0 Å². The Morgan fingerprint density at radius 3 is 2.20 bits per heavy atom. The van der Waals surface area contributed by atoms with E-state index >= 15 is 0 Å². The lowest BCUT2D eigenvalue weighted by Crippen LogP contribution is -2.22. The zero-order valence-corrected chi connectivity index (χ0v) is 21.5. The number of aromatic hydroxyl groups is 1. The van der Waals surface area contributed by atoms with Crippen molar-refractivity contribution >= 4 is 28.4 Å². The second-order valence-corrected chi connectivity index (χ2v) is 8.66. The normalized spacial score (nSPS) is 11.9. The monoisotopic (exact) mass is 554 g/mol. The van der Waals surface area contributed by atoms with Gasteiger partial charge in [0.1, 0.15) is 17.2 Å². The molecule has 2 amide bonds. The van der Waals surface area contributed by atoms with Gasteiger partial charge < -0.3 is 20.3 Å². The van der Waals surface area contributed by atoms with Crippen LogP contribution in [0.25, 0.3) is 16.6 Å². The lowest BCUT2D eigenvalue weighted by atomic mass is 10.0. The summed E-state index contributed by atoms with van der Waals surface area (Å²) in [5, 5.41) is 16.0. The van der Waals surface area contributed by atoms with Gasteiger partial charge in [-0.3, -0.25) is 14.2 Å². The maximum absolute atomic E-state index is 13.7. The average molecular weight is 555 g/mol. The van der Waals surface area contributed by atoms with Crippen molar-refractivity contribution in [2.45, 2.75) is 19.0 Å². The van der Waals surface area contributed by atoms with E-state index in [-0.39, 0.29) is 40.7 Å². The number of ether oxygens (including phenoxy) is 2. The number of rotatable bonds is 9. The van der Waals surface area contributed by atoms with Crippen molar-refractivity contribution in [3.05, 3.63) is 83.4 Å². The predicted molar refractivity (Wildman–Crippen MR) is 142 cm³/mol. The Balaban J connectivity index is 2.01. The number of aromatic nitrogens is 1. The zero-order chi connectivity index (χ0) is 29.0. The van der Waals surface area contributed by atoms with E-state index in [1.807, 2.05) is 0 Å². The Morgan fingerprint density at radius 2 is 1.62 bits per heavy atom. The van der Waals surface area contributed by atoms with Crippen LogP contribution >= 0.6 is 0 Å². The largest absolute Gasteiger partial charge is 0.497 e. The molecule has 0 unspecified atom stereocenters. The van der Waals surface area contributed by atoms with Crippen LogP contribution in [0.4, 0.5) is 13.2 Å². The number of carbonyl (C=O) groups excluding carboxylic acids is 2. The van der Waals surface area contributed by atoms with Gasteiger partial charge in [-0.05, 0) is 12.1 Å². The minimum absolute atomic E-state index is 0.0151. The third-order valence-corrected chi connectivity index (χ3v) is 6.04. The fourth-order valence-electron chi connectivity index (χ4n) is 4.14. The van der Waals surface area contributed by atoms with Gasteiger partial charge in [0.05, 0.1) is 36.6 Å². The Morgan fingerprint density at radius 1 is 0.975 bits per heavy atom. The second kappa shape index (κ2) is 11.4. The van der Waals surface area contributed by atoms with Gasteiger partial charge in [-0.15, -0.1) is 0 Å². The second-order valence-electron chi connectivity index (χ2n) is 8.66. The Bertz CT molecular complexity index is 1580. The number of nitrogens with zero attached hydrogens (tertiary/aromatic N) is 2. The van der Waals surface area contributed by atoms with E-state index in [2.05, 4.69) is 10.5 Å². The summed E-state index contributed by atoms with van der Waals surface area (Å²) in [6.07, 6.45) is -5.09. The van der Waals surface area contributed by atoms with Crippen LogP contribution in [0.5, 0.6) is 17.4 Å². The molecular weight excluding hydrogens is 529 g/mol. The van der Waals surface area contributed by atoms with E-state index in [0.717, 1.165) is 12.1 Å². The van der Waals surface area contributed by atoms with Crippen LogP contribution in [0.2, 0.25) is 0 Å². The molecule has 9 nitrogen and oxygen atoms in total. The molecule has 40 heavy (non-hydrogen) atoms. The minimum atomic E-state index is -4.66. The molecule has 208 valence electrons. The van der Waals surface area contributed by atoms with Crippen molar-refractivity contribution < 1.29 is 37.3 Å². The van der Waals surface area contributed by atoms with Crippen molar-refractivity contribution in [1.82, 2.24) is 9.99 Å². The number of fused-ring (bicyclic) bond motifs is 1. The SMILES string of the molecule is COc1cc(OC)cc(-n2c(O)c(/C(=N/NC(=O)CCC(N)=O)c3ccccc3)c3ccc(C(F)(F)F)cc32)c1. The van der Waals surface area contributed by atoms with E-state index in [0.29, 0.717) is 17.1 Å². The number of carbonyl (C=O) groups is 2. The van der Waals surface area contributed by atoms with Gasteiger partial charge in [-0.2, -0.15) is 18.3 Å². The van der Waals surface area contributed by atoms with Crippen molar-refractivity contribution in [3.63, 3.8) is 0 Å². The van der Waals surface area contributed by atoms with Crippen LogP contribution in [-0.4, -0.2) is 41.4 Å². The molecule has 0 saturated heterocycles. The van der Waals surface area contributed by atoms with Crippen molar-refractivity contribution in [2.24, 2.45) is 10.8 Å². The van der Waals surface area contributed by atoms with Gasteiger partial charge in [-0.25, -0.2) is 5.43 Å². The summed E-state index contributed by atoms with van der Waals surface area (Å²) in [4.78, 5) is 23.4. The standard InChI is InChI=1S/C28H25F3N4O5/c1-39-19-13-18(14-20(15-19)40-2)35-22-12-17(28(29,30)31)8-9-21(22)25(27(35)38)26(16-6-4-3-5-7-16)34-33-24(37)11-10-23(32)36/h3-9,12-15,38H,10-11H2,1-2H3,(H2,32,36)(H,33,37)/b34-26+. The first kappa shape index (κ1) is 28.0. The highest BCUT2D eigenvalue weighted by atomic mass is 19.4. The molecule has 1 heterocycles. The fraction of sp³-hybridized carbons (Fsp3) is 0.179. The van der Waals surface area contributed by atoms with Crippen LogP contribution in [0, 0.1) is 0 Å². The van der Waals surface area contributed by atoms with Gasteiger partial charge in [0.15, 0.2) is 0 Å². The van der Waals surface area contributed by atoms with Crippen LogP contribution in [0.1, 0.15) is 29.5 Å². The van der Waals surface area contributed by atoms with Crippen molar-refractivity contribution in [1.29, 1.82) is 0 Å². The molecule has 0 bridgehead atoms. The van der Waals surface area contributed by atoms with Gasteiger partial charge in [0.25, 0.3) is 0 Å². The lowest BCUT2D eigenvalue weighted by molar-refractivity contribution is -0.137. The third kappa shape index (κ3) is 5.85. The number of hydrogen-bond acceptors (Lipinski definition) is 6. The maximum Gasteiger partial charge on any atom is 0.416 e. The molecule has 4 N–H and O–H groups in total. The van der Waals surface area contributed by atoms with Gasteiger partial charge >= 0.3 is 6.18 Å². The number of methoxy groups -OCH3 is 2. The number of halogens is 3. The van der Waals surface area contributed by atoms with Crippen molar-refractivity contribution in [3.8, 4) is 23.1 Å². The molecular formula is C28H25F3N4O5. The molecule has 0 aliphatic heterocycles. The number of primary amides is 1. The molecule has 0 saturated carbocycles. The number of nitrogens with two attached hydrogens (primary N) is 1. The third-order valence-electron chi connectivity index (χ3n) is 6.04. The summed E-state index contributed by atoms with van der Waals surface area (Å²) in [5.41, 5.74) is 7.39. The van der Waals surface area contributed by atoms with Gasteiger partial charge in [0.2, 0.25) is 17.7 Å². The molecule has 0 aliphatic rings. The number of amides is 2. The molecule has 4 rings (SSSR count). The first-order valence-electron chi connectivity index (χ1n) is 11.9. The highest BCUT2D eigenvalue weighted by Gasteiger charge is 2.32. The Hall–Kier alpha value is -5.00. The minimum Gasteiger partial charge on any atom is -0.497 e. The highest BCUT2D eigenvalue weighted by molar-refractivity contribution is 6.21. The predicted octanol–water partition coefficient (Wildman–Crippen LogP) is 4.51. The Kier molecular flexibility index (Phi) is 7.98. The number of hydrogen-bond donors (Lipinski definition) is 3. The van der Waals surface area contributed by atoms with E-state index in [1.165, 1.54) is 37.0 Å². The van der Waals surface area contributed by atoms with Crippen LogP contribution in [0.3, 0.4) is 0 Å². The molecule has 3 aromatic carbocycles. The summed E-state index contributed by atoms with van der Waals surface area (Å²) in [6.45, 7) is 0. The molecule has 1 aromatic heterocycles. The highest BCUT2D eigenvalue weighted by Crippen LogP contribution is 2.40. The Labute approximate surface area is 226 Å². The summed E-state index contributed by atoms with van der Waals surface area (Å²) in [6, 6.07) is 16.1. The topological polar surface area (TPSA) is 128 Å². The molecule has 0 radical (unpaired) electrons. The molecule has 0 fully saturated rings. The zero-order valence-electron chi connectivity index (χ0n) is 21.5. The van der Waals surface area contributed by atoms with E-state index < -0.39 is 29.4 Å². The van der Waals surface area contributed by atoms with Crippen LogP contribution < -0.4 is 20.6 Å². The molecule has 0 atom stereocenters. The summed E-state index contributed by atoms with van der Waals surface area (Å²) in [7, 11) is 2.83. The molecule has 0 aliphatic carbocycles. The lowest BCUT2D eigenvalue weighted by Gasteiger charge is -2.13. The number of nitrogens with one attached hydrogen (secondary N) is 1. The van der Waals surface area contributed by atoms with E-state index in [9.17, 15) is 27.9 Å². The number of alkyl halides is 3.